The fourth-order valence-electron chi connectivity index (χ4n) is 4.12. The van der Waals surface area contributed by atoms with Crippen LogP contribution >= 0.6 is 0 Å². The predicted octanol–water partition coefficient (Wildman–Crippen LogP) is 3.73. The van der Waals surface area contributed by atoms with Gasteiger partial charge in [0.05, 0.1) is 18.8 Å². The van der Waals surface area contributed by atoms with Crippen LogP contribution in [0.15, 0.2) is 53.4 Å². The monoisotopic (exact) mass is 498 g/mol. The summed E-state index contributed by atoms with van der Waals surface area (Å²) in [7, 11) is 3.74. The fraction of sp³-hybridized carbons (Fsp3) is 0.464. The number of carbonyl (C=O) groups is 3. The van der Waals surface area contributed by atoms with Gasteiger partial charge in [-0.05, 0) is 78.9 Å². The minimum atomic E-state index is -1.60. The molecular formula is C28H38N2O6. The first-order valence-corrected chi connectivity index (χ1v) is 12.1. The van der Waals surface area contributed by atoms with Gasteiger partial charge in [0.1, 0.15) is 11.0 Å². The Morgan fingerprint density at radius 1 is 1.06 bits per heavy atom. The average Bonchev–Trinajstić information content (AvgIpc) is 2.76. The number of allylic oxidation sites excluding steroid dienone is 1. The smallest absolute Gasteiger partial charge is 0.337 e. The van der Waals surface area contributed by atoms with E-state index in [9.17, 15) is 14.4 Å². The van der Waals surface area contributed by atoms with Gasteiger partial charge < -0.3 is 24.4 Å². The van der Waals surface area contributed by atoms with E-state index in [0.717, 1.165) is 0 Å². The normalized spacial score (nSPS) is 18.1. The van der Waals surface area contributed by atoms with Crippen LogP contribution in [0.1, 0.15) is 52.7 Å². The fourth-order valence-corrected chi connectivity index (χ4v) is 4.12. The minimum absolute atomic E-state index is 0.121. The Balaban J connectivity index is 2.86. The second-order valence-electron chi connectivity index (χ2n) is 9.75. The standard InChI is InChI=1S/C28H38N2O6/c1-9-34-25(32)24-22(18-30(7)8)29-19(3)17-28(24,26(33)35-10-2)21-14-12-11-13-20(21)15-16-23(31)36-27(4,5)6/h11-17,29H,9-10,18H2,1-8H3. The first kappa shape index (κ1) is 28.8. The topological polar surface area (TPSA) is 94.2 Å². The molecule has 1 N–H and O–H groups in total. The number of rotatable bonds is 9. The average molecular weight is 499 g/mol. The lowest BCUT2D eigenvalue weighted by Gasteiger charge is -2.37. The van der Waals surface area contributed by atoms with E-state index in [1.165, 1.54) is 6.08 Å². The van der Waals surface area contributed by atoms with Crippen LogP contribution in [0.2, 0.25) is 0 Å². The van der Waals surface area contributed by atoms with Gasteiger partial charge in [0.25, 0.3) is 0 Å². The summed E-state index contributed by atoms with van der Waals surface area (Å²) in [4.78, 5) is 41.6. The van der Waals surface area contributed by atoms with Gasteiger partial charge in [-0.3, -0.25) is 4.79 Å². The molecule has 1 heterocycles. The number of carbonyl (C=O) groups excluding carboxylic acids is 3. The number of likely N-dealkylation sites (N-methyl/N-ethyl adjacent to an activating group) is 1. The number of dihydropyridines is 1. The van der Waals surface area contributed by atoms with Crippen molar-refractivity contribution in [2.75, 3.05) is 33.9 Å². The van der Waals surface area contributed by atoms with Gasteiger partial charge in [0.15, 0.2) is 0 Å². The third-order valence-electron chi connectivity index (χ3n) is 5.22. The van der Waals surface area contributed by atoms with Crippen LogP contribution in [0, 0.1) is 0 Å². The molecule has 0 spiro atoms. The molecule has 1 aliphatic heterocycles. The summed E-state index contributed by atoms with van der Waals surface area (Å²) >= 11 is 0. The number of esters is 3. The molecule has 0 amide bonds. The Morgan fingerprint density at radius 2 is 1.69 bits per heavy atom. The number of nitrogens with one attached hydrogen (secondary N) is 1. The van der Waals surface area contributed by atoms with Gasteiger partial charge in [-0.25, -0.2) is 9.59 Å². The highest BCUT2D eigenvalue weighted by molar-refractivity contribution is 6.05. The highest BCUT2D eigenvalue weighted by atomic mass is 16.6. The van der Waals surface area contributed by atoms with Gasteiger partial charge in [-0.2, -0.15) is 0 Å². The third-order valence-corrected chi connectivity index (χ3v) is 5.22. The zero-order valence-electron chi connectivity index (χ0n) is 22.6. The molecule has 0 fully saturated rings. The van der Waals surface area contributed by atoms with Crippen molar-refractivity contribution in [1.82, 2.24) is 10.2 Å². The number of nitrogens with zero attached hydrogens (tertiary/aromatic N) is 1. The van der Waals surface area contributed by atoms with Crippen LogP contribution in [0.3, 0.4) is 0 Å². The van der Waals surface area contributed by atoms with Crippen molar-refractivity contribution in [2.45, 2.75) is 52.6 Å². The van der Waals surface area contributed by atoms with Crippen LogP contribution in [0.5, 0.6) is 0 Å². The van der Waals surface area contributed by atoms with Crippen LogP contribution < -0.4 is 5.32 Å². The van der Waals surface area contributed by atoms with Gasteiger partial charge in [0, 0.05) is 24.0 Å². The molecule has 196 valence electrons. The van der Waals surface area contributed by atoms with Crippen molar-refractivity contribution < 1.29 is 28.6 Å². The second-order valence-corrected chi connectivity index (χ2v) is 9.75. The van der Waals surface area contributed by atoms with Gasteiger partial charge in [0.2, 0.25) is 0 Å². The van der Waals surface area contributed by atoms with E-state index in [-0.39, 0.29) is 18.8 Å². The first-order chi connectivity index (χ1) is 16.9. The van der Waals surface area contributed by atoms with Gasteiger partial charge >= 0.3 is 17.9 Å². The number of benzene rings is 1. The first-order valence-electron chi connectivity index (χ1n) is 12.1. The quantitative estimate of drug-likeness (QED) is 0.313. The third kappa shape index (κ3) is 6.85. The molecule has 36 heavy (non-hydrogen) atoms. The minimum Gasteiger partial charge on any atom is -0.465 e. The molecule has 8 heteroatoms. The van der Waals surface area contributed by atoms with Crippen LogP contribution in [0.25, 0.3) is 6.08 Å². The summed E-state index contributed by atoms with van der Waals surface area (Å²) in [5.41, 5.74) is 0.175. The summed E-state index contributed by atoms with van der Waals surface area (Å²) in [6, 6.07) is 7.11. The van der Waals surface area contributed by atoms with E-state index in [1.807, 2.05) is 25.9 Å². The molecule has 1 aromatic carbocycles. The Hall–Kier alpha value is -3.39. The largest absolute Gasteiger partial charge is 0.465 e. The molecule has 1 aliphatic rings. The lowest BCUT2D eigenvalue weighted by molar-refractivity contribution is -0.150. The molecule has 0 bridgehead atoms. The van der Waals surface area contributed by atoms with Crippen LogP contribution in [-0.4, -0.2) is 62.3 Å². The SMILES string of the molecule is CCOC(=O)C1=C(CN(C)C)NC(C)=CC1(C(=O)OCC)c1ccccc1C=CC(=O)OC(C)(C)C. The molecule has 0 saturated carbocycles. The molecular weight excluding hydrogens is 460 g/mol. The van der Waals surface area contributed by atoms with Crippen molar-refractivity contribution in [3.63, 3.8) is 0 Å². The van der Waals surface area contributed by atoms with Gasteiger partial charge in [-0.1, -0.05) is 24.3 Å². The predicted molar refractivity (Wildman–Crippen MR) is 139 cm³/mol. The molecule has 1 atom stereocenters. The Kier molecular flexibility index (Phi) is 9.64. The van der Waals surface area contributed by atoms with Crippen LogP contribution in [-0.2, 0) is 34.0 Å². The maximum Gasteiger partial charge on any atom is 0.337 e. The maximum atomic E-state index is 13.8. The molecule has 0 saturated heterocycles. The highest BCUT2D eigenvalue weighted by Gasteiger charge is 2.51. The van der Waals surface area contributed by atoms with Crippen molar-refractivity contribution in [3.05, 3.63) is 64.5 Å². The Bertz CT molecular complexity index is 1080. The molecule has 1 aromatic rings. The number of hydrogen-bond donors (Lipinski definition) is 1. The summed E-state index contributed by atoms with van der Waals surface area (Å²) in [6.45, 7) is 11.2. The van der Waals surface area contributed by atoms with E-state index < -0.39 is 28.9 Å². The van der Waals surface area contributed by atoms with E-state index in [4.69, 9.17) is 14.2 Å². The number of hydrogen-bond acceptors (Lipinski definition) is 8. The highest BCUT2D eigenvalue weighted by Crippen LogP contribution is 2.43. The summed E-state index contributed by atoms with van der Waals surface area (Å²) in [5.74, 6) is -1.75. The maximum absolute atomic E-state index is 13.8. The van der Waals surface area contributed by atoms with Crippen molar-refractivity contribution in [2.24, 2.45) is 0 Å². The van der Waals surface area contributed by atoms with Crippen LogP contribution in [0.4, 0.5) is 0 Å². The summed E-state index contributed by atoms with van der Waals surface area (Å²) in [5, 5.41) is 3.25. The molecule has 0 aromatic heterocycles. The zero-order valence-corrected chi connectivity index (χ0v) is 22.6. The zero-order chi connectivity index (χ0) is 27.1. The lowest BCUT2D eigenvalue weighted by atomic mass is 9.69. The van der Waals surface area contributed by atoms with E-state index in [2.05, 4.69) is 5.32 Å². The Labute approximate surface area is 214 Å². The van der Waals surface area contributed by atoms with Crippen molar-refractivity contribution in [3.8, 4) is 0 Å². The summed E-state index contributed by atoms with van der Waals surface area (Å²) < 4.78 is 16.4. The van der Waals surface area contributed by atoms with Crippen molar-refractivity contribution in [1.29, 1.82) is 0 Å². The lowest BCUT2D eigenvalue weighted by Crippen LogP contribution is -2.47. The molecule has 1 unspecified atom stereocenters. The van der Waals surface area contributed by atoms with E-state index in [1.54, 1.807) is 71.0 Å². The van der Waals surface area contributed by atoms with E-state index >= 15 is 0 Å². The van der Waals surface area contributed by atoms with Crippen molar-refractivity contribution >= 4 is 24.0 Å². The van der Waals surface area contributed by atoms with E-state index in [0.29, 0.717) is 29.1 Å². The second kappa shape index (κ2) is 12.0. The molecule has 0 aliphatic carbocycles. The van der Waals surface area contributed by atoms with Gasteiger partial charge in [-0.15, -0.1) is 0 Å². The summed E-state index contributed by atoms with van der Waals surface area (Å²) in [6.07, 6.45) is 4.59. The Morgan fingerprint density at radius 3 is 2.28 bits per heavy atom. The molecule has 0 radical (unpaired) electrons. The molecule has 8 nitrogen and oxygen atoms in total. The molecule has 2 rings (SSSR count). The number of ether oxygens (including phenoxy) is 3.